The molecule has 0 saturated carbocycles. The summed E-state index contributed by atoms with van der Waals surface area (Å²) in [5.74, 6) is 0.398. The summed E-state index contributed by atoms with van der Waals surface area (Å²) in [4.78, 5) is 0.411. The van der Waals surface area contributed by atoms with E-state index >= 15 is 0 Å². The molecular formula is C15H25ClN2O2S. The van der Waals surface area contributed by atoms with Gasteiger partial charge in [-0.1, -0.05) is 6.07 Å². The number of sulfonamides is 1. The minimum Gasteiger partial charge on any atom is -0.330 e. The van der Waals surface area contributed by atoms with Crippen LogP contribution in [0.15, 0.2) is 23.1 Å². The van der Waals surface area contributed by atoms with Crippen molar-refractivity contribution in [2.75, 3.05) is 19.6 Å². The molecular weight excluding hydrogens is 308 g/mol. The van der Waals surface area contributed by atoms with Gasteiger partial charge in [-0.3, -0.25) is 0 Å². The van der Waals surface area contributed by atoms with Crippen LogP contribution in [0.2, 0.25) is 0 Å². The van der Waals surface area contributed by atoms with Gasteiger partial charge in [0.15, 0.2) is 0 Å². The van der Waals surface area contributed by atoms with Crippen molar-refractivity contribution in [3.63, 3.8) is 0 Å². The van der Waals surface area contributed by atoms with Crippen molar-refractivity contribution >= 4 is 22.4 Å². The van der Waals surface area contributed by atoms with E-state index in [4.69, 9.17) is 5.73 Å². The fourth-order valence-corrected chi connectivity index (χ4v) is 4.38. The Kier molecular flexibility index (Phi) is 6.66. The van der Waals surface area contributed by atoms with Gasteiger partial charge < -0.3 is 5.73 Å². The van der Waals surface area contributed by atoms with Crippen LogP contribution in [0.3, 0.4) is 0 Å². The lowest BCUT2D eigenvalue weighted by molar-refractivity contribution is 0.258. The molecule has 2 N–H and O–H groups in total. The highest BCUT2D eigenvalue weighted by molar-refractivity contribution is 7.89. The van der Waals surface area contributed by atoms with Crippen LogP contribution >= 0.6 is 12.4 Å². The first-order valence-corrected chi connectivity index (χ1v) is 8.66. The van der Waals surface area contributed by atoms with Gasteiger partial charge in [-0.2, -0.15) is 4.31 Å². The molecule has 1 aromatic carbocycles. The van der Waals surface area contributed by atoms with Crippen molar-refractivity contribution in [2.45, 2.75) is 38.0 Å². The lowest BCUT2D eigenvalue weighted by atomic mass is 9.96. The van der Waals surface area contributed by atoms with Crippen molar-refractivity contribution in [2.24, 2.45) is 11.7 Å². The summed E-state index contributed by atoms with van der Waals surface area (Å²) in [6, 6.07) is 5.37. The maximum Gasteiger partial charge on any atom is 0.243 e. The number of halogens is 1. The first-order valence-electron chi connectivity index (χ1n) is 7.22. The van der Waals surface area contributed by atoms with Gasteiger partial charge in [0.1, 0.15) is 0 Å². The second-order valence-corrected chi connectivity index (χ2v) is 7.63. The first kappa shape index (κ1) is 18.4. The van der Waals surface area contributed by atoms with Crippen LogP contribution in [0, 0.1) is 19.8 Å². The molecule has 4 nitrogen and oxygen atoms in total. The monoisotopic (exact) mass is 332 g/mol. The fraction of sp³-hybridized carbons (Fsp3) is 0.600. The Hall–Kier alpha value is -0.620. The first-order chi connectivity index (χ1) is 9.45. The second kappa shape index (κ2) is 7.58. The predicted molar refractivity (Wildman–Crippen MR) is 88.3 cm³/mol. The van der Waals surface area contributed by atoms with Crippen molar-refractivity contribution in [1.82, 2.24) is 4.31 Å². The standard InChI is InChI=1S/C15H24N2O2S.ClH/c1-12-5-6-15(10-13(12)2)20(18,19)17-9-3-4-14(11-17)7-8-16;/h5-6,10,14H,3-4,7-9,11,16H2,1-2H3;1H. The van der Waals surface area contributed by atoms with E-state index in [9.17, 15) is 8.42 Å². The Morgan fingerprint density at radius 2 is 2.00 bits per heavy atom. The van der Waals surface area contributed by atoms with Crippen LogP contribution in [0.5, 0.6) is 0 Å². The summed E-state index contributed by atoms with van der Waals surface area (Å²) in [7, 11) is -3.36. The van der Waals surface area contributed by atoms with E-state index in [0.717, 1.165) is 30.4 Å². The van der Waals surface area contributed by atoms with Gasteiger partial charge in [0.2, 0.25) is 10.0 Å². The molecule has 1 aromatic rings. The largest absolute Gasteiger partial charge is 0.330 e. The number of nitrogens with zero attached hydrogens (tertiary/aromatic N) is 1. The zero-order valence-corrected chi connectivity index (χ0v) is 14.3. The summed E-state index contributed by atoms with van der Waals surface area (Å²) >= 11 is 0. The topological polar surface area (TPSA) is 63.4 Å². The maximum atomic E-state index is 12.7. The van der Waals surface area contributed by atoms with E-state index in [1.807, 2.05) is 19.9 Å². The smallest absolute Gasteiger partial charge is 0.243 e. The van der Waals surface area contributed by atoms with E-state index in [1.165, 1.54) is 0 Å². The molecule has 0 aliphatic carbocycles. The number of piperidine rings is 1. The molecule has 1 atom stereocenters. The molecule has 1 unspecified atom stereocenters. The number of hydrogen-bond donors (Lipinski definition) is 1. The average Bonchev–Trinajstić information content (AvgIpc) is 2.42. The summed E-state index contributed by atoms with van der Waals surface area (Å²) in [5, 5.41) is 0. The molecule has 6 heteroatoms. The van der Waals surface area contributed by atoms with Gasteiger partial charge in [-0.25, -0.2) is 8.42 Å². The second-order valence-electron chi connectivity index (χ2n) is 5.69. The average molecular weight is 333 g/mol. The van der Waals surface area contributed by atoms with Crippen LogP contribution in [-0.2, 0) is 10.0 Å². The number of aryl methyl sites for hydroxylation is 2. The van der Waals surface area contributed by atoms with Crippen molar-refractivity contribution in [3.8, 4) is 0 Å². The highest BCUT2D eigenvalue weighted by Crippen LogP contribution is 2.26. The SMILES string of the molecule is Cc1ccc(S(=O)(=O)N2CCCC(CCN)C2)cc1C.Cl. The quantitative estimate of drug-likeness (QED) is 0.921. The Labute approximate surface area is 134 Å². The Balaban J connectivity index is 0.00000220. The zero-order valence-electron chi connectivity index (χ0n) is 12.7. The molecule has 21 heavy (non-hydrogen) atoms. The molecule has 0 aromatic heterocycles. The highest BCUT2D eigenvalue weighted by Gasteiger charge is 2.29. The van der Waals surface area contributed by atoms with Gasteiger partial charge in [0, 0.05) is 13.1 Å². The Morgan fingerprint density at radius 3 is 2.62 bits per heavy atom. The van der Waals surface area contributed by atoms with E-state index in [0.29, 0.717) is 30.4 Å². The van der Waals surface area contributed by atoms with Gasteiger partial charge in [-0.15, -0.1) is 12.4 Å². The molecule has 1 aliphatic rings. The zero-order chi connectivity index (χ0) is 14.8. The normalized spacial score (nSPS) is 20.0. The molecule has 0 amide bonds. The van der Waals surface area contributed by atoms with Gasteiger partial charge >= 0.3 is 0 Å². The van der Waals surface area contributed by atoms with E-state index < -0.39 is 10.0 Å². The molecule has 0 bridgehead atoms. The van der Waals surface area contributed by atoms with Gasteiger partial charge in [0.25, 0.3) is 0 Å². The van der Waals surface area contributed by atoms with Crippen LogP contribution in [0.25, 0.3) is 0 Å². The van der Waals surface area contributed by atoms with E-state index in [2.05, 4.69) is 0 Å². The molecule has 2 rings (SSSR count). The van der Waals surface area contributed by atoms with Gasteiger partial charge in [-0.05, 0) is 68.8 Å². The molecule has 1 saturated heterocycles. The minimum absolute atomic E-state index is 0. The van der Waals surface area contributed by atoms with Crippen molar-refractivity contribution in [1.29, 1.82) is 0 Å². The molecule has 1 aliphatic heterocycles. The molecule has 1 heterocycles. The Morgan fingerprint density at radius 1 is 1.29 bits per heavy atom. The van der Waals surface area contributed by atoms with Crippen molar-refractivity contribution in [3.05, 3.63) is 29.3 Å². The summed E-state index contributed by atoms with van der Waals surface area (Å²) in [6.07, 6.45) is 2.91. The van der Waals surface area contributed by atoms with E-state index in [-0.39, 0.29) is 12.4 Å². The van der Waals surface area contributed by atoms with Crippen LogP contribution in [0.1, 0.15) is 30.4 Å². The summed E-state index contributed by atoms with van der Waals surface area (Å²) in [6.45, 7) is 5.79. The maximum absolute atomic E-state index is 12.7. The molecule has 1 fully saturated rings. The molecule has 0 spiro atoms. The fourth-order valence-electron chi connectivity index (χ4n) is 2.74. The van der Waals surface area contributed by atoms with Crippen LogP contribution in [0.4, 0.5) is 0 Å². The number of hydrogen-bond acceptors (Lipinski definition) is 3. The summed E-state index contributed by atoms with van der Waals surface area (Å²) in [5.41, 5.74) is 7.72. The van der Waals surface area contributed by atoms with Gasteiger partial charge in [0.05, 0.1) is 4.90 Å². The van der Waals surface area contributed by atoms with Crippen molar-refractivity contribution < 1.29 is 8.42 Å². The Bertz CT molecular complexity index is 573. The third kappa shape index (κ3) is 4.19. The third-order valence-electron chi connectivity index (χ3n) is 4.17. The summed E-state index contributed by atoms with van der Waals surface area (Å²) < 4.78 is 27.0. The number of nitrogens with two attached hydrogens (primary N) is 1. The highest BCUT2D eigenvalue weighted by atomic mass is 35.5. The van der Waals surface area contributed by atoms with Crippen LogP contribution in [-0.4, -0.2) is 32.4 Å². The number of rotatable bonds is 4. The predicted octanol–water partition coefficient (Wildman–Crippen LogP) is 2.47. The van der Waals surface area contributed by atoms with Crippen LogP contribution < -0.4 is 5.73 Å². The minimum atomic E-state index is -3.36. The lowest BCUT2D eigenvalue weighted by Crippen LogP contribution is -2.40. The number of benzene rings is 1. The van der Waals surface area contributed by atoms with E-state index in [1.54, 1.807) is 16.4 Å². The lowest BCUT2D eigenvalue weighted by Gasteiger charge is -2.31. The molecule has 120 valence electrons. The molecule has 0 radical (unpaired) electrons. The third-order valence-corrected chi connectivity index (χ3v) is 6.03.